The molecule has 4 rings (SSSR count). The molecule has 5 heteroatoms. The van der Waals surface area contributed by atoms with Gasteiger partial charge in [0, 0.05) is 25.5 Å². The third-order valence-corrected chi connectivity index (χ3v) is 5.88. The van der Waals surface area contributed by atoms with Gasteiger partial charge in [0.15, 0.2) is 0 Å². The van der Waals surface area contributed by atoms with Crippen LogP contribution in [0.1, 0.15) is 28.8 Å². The normalized spacial score (nSPS) is 16.0. The molecule has 1 aliphatic rings. The number of aromatic hydroxyl groups is 1. The van der Waals surface area contributed by atoms with Crippen molar-refractivity contribution in [1.82, 2.24) is 9.80 Å². The monoisotopic (exact) mass is 402 g/mol. The maximum atomic E-state index is 13.2. The fourth-order valence-electron chi connectivity index (χ4n) is 4.16. The molecule has 30 heavy (non-hydrogen) atoms. The van der Waals surface area contributed by atoms with Crippen molar-refractivity contribution >= 4 is 22.6 Å². The van der Waals surface area contributed by atoms with Crippen molar-refractivity contribution in [1.29, 1.82) is 0 Å². The zero-order valence-electron chi connectivity index (χ0n) is 17.1. The zero-order chi connectivity index (χ0) is 21.1. The molecule has 0 bridgehead atoms. The number of carbonyl (C=O) groups excluding carboxylic acids is 2. The fourth-order valence-corrected chi connectivity index (χ4v) is 4.16. The van der Waals surface area contributed by atoms with Crippen LogP contribution in [0, 0.1) is 0 Å². The van der Waals surface area contributed by atoms with E-state index in [2.05, 4.69) is 0 Å². The number of likely N-dealkylation sites (tertiary alicyclic amines) is 1. The van der Waals surface area contributed by atoms with E-state index in [1.54, 1.807) is 29.0 Å². The molecule has 0 radical (unpaired) electrons. The van der Waals surface area contributed by atoms with Crippen LogP contribution in [0.15, 0.2) is 66.7 Å². The third-order valence-electron chi connectivity index (χ3n) is 5.88. The molecular weight excluding hydrogens is 376 g/mol. The molecule has 0 aromatic heterocycles. The topological polar surface area (TPSA) is 60.9 Å². The van der Waals surface area contributed by atoms with Gasteiger partial charge < -0.3 is 14.9 Å². The van der Waals surface area contributed by atoms with E-state index in [0.717, 1.165) is 18.2 Å². The molecule has 3 aromatic rings. The van der Waals surface area contributed by atoms with Crippen molar-refractivity contribution < 1.29 is 14.7 Å². The minimum absolute atomic E-state index is 0.0198. The number of amides is 2. The maximum absolute atomic E-state index is 13.2. The Morgan fingerprint density at radius 1 is 1.03 bits per heavy atom. The summed E-state index contributed by atoms with van der Waals surface area (Å²) in [4.78, 5) is 29.6. The number of phenolic OH excluding ortho intramolecular Hbond substituents is 1. The van der Waals surface area contributed by atoms with E-state index >= 15 is 0 Å². The van der Waals surface area contributed by atoms with E-state index in [9.17, 15) is 14.7 Å². The van der Waals surface area contributed by atoms with Gasteiger partial charge in [-0.2, -0.15) is 0 Å². The molecular formula is C25H26N2O3. The summed E-state index contributed by atoms with van der Waals surface area (Å²) in [7, 11) is 1.79. The Kier molecular flexibility index (Phi) is 5.70. The molecule has 5 nitrogen and oxygen atoms in total. The highest BCUT2D eigenvalue weighted by molar-refractivity contribution is 6.05. The van der Waals surface area contributed by atoms with Crippen molar-refractivity contribution in [3.8, 4) is 5.75 Å². The van der Waals surface area contributed by atoms with Crippen LogP contribution < -0.4 is 0 Å². The first-order chi connectivity index (χ1) is 14.6. The number of hydrogen-bond acceptors (Lipinski definition) is 3. The number of fused-ring (bicyclic) bond motifs is 1. The van der Waals surface area contributed by atoms with Gasteiger partial charge in [-0.25, -0.2) is 0 Å². The SMILES string of the molecule is CN(CCc1ccccc1)C(=O)C1CCCN1C(=O)c1ccc2ccccc2c1O. The Bertz CT molecular complexity index is 1060. The lowest BCUT2D eigenvalue weighted by Crippen LogP contribution is -2.47. The number of hydrogen-bond donors (Lipinski definition) is 1. The molecule has 1 N–H and O–H groups in total. The molecule has 0 saturated carbocycles. The van der Waals surface area contributed by atoms with E-state index in [4.69, 9.17) is 0 Å². The van der Waals surface area contributed by atoms with Crippen LogP contribution in [0.2, 0.25) is 0 Å². The highest BCUT2D eigenvalue weighted by Gasteiger charge is 2.36. The number of carbonyl (C=O) groups is 2. The van der Waals surface area contributed by atoms with Crippen molar-refractivity contribution in [2.24, 2.45) is 0 Å². The second kappa shape index (κ2) is 8.57. The van der Waals surface area contributed by atoms with Crippen molar-refractivity contribution in [2.45, 2.75) is 25.3 Å². The van der Waals surface area contributed by atoms with Gasteiger partial charge in [-0.3, -0.25) is 9.59 Å². The Morgan fingerprint density at radius 3 is 2.57 bits per heavy atom. The van der Waals surface area contributed by atoms with E-state index in [-0.39, 0.29) is 23.1 Å². The van der Waals surface area contributed by atoms with Crippen LogP contribution in [-0.4, -0.2) is 52.9 Å². The number of likely N-dealkylation sites (N-methyl/N-ethyl adjacent to an activating group) is 1. The van der Waals surface area contributed by atoms with Crippen LogP contribution in [0.5, 0.6) is 5.75 Å². The molecule has 2 amide bonds. The highest BCUT2D eigenvalue weighted by atomic mass is 16.3. The molecule has 1 fully saturated rings. The number of phenols is 1. The van der Waals surface area contributed by atoms with E-state index in [1.165, 1.54) is 5.56 Å². The second-order valence-electron chi connectivity index (χ2n) is 7.83. The van der Waals surface area contributed by atoms with E-state index < -0.39 is 6.04 Å². The smallest absolute Gasteiger partial charge is 0.258 e. The molecule has 1 unspecified atom stereocenters. The molecule has 0 spiro atoms. The Balaban J connectivity index is 1.49. The van der Waals surface area contributed by atoms with Gasteiger partial charge in [-0.05, 0) is 36.3 Å². The number of benzene rings is 3. The molecule has 154 valence electrons. The van der Waals surface area contributed by atoms with Gasteiger partial charge in [-0.15, -0.1) is 0 Å². The quantitative estimate of drug-likeness (QED) is 0.705. The predicted octanol–water partition coefficient (Wildman–Crippen LogP) is 3.85. The first kappa shape index (κ1) is 20.0. The van der Waals surface area contributed by atoms with Gasteiger partial charge in [-0.1, -0.05) is 60.7 Å². The Labute approximate surface area is 176 Å². The molecule has 1 atom stereocenters. The lowest BCUT2D eigenvalue weighted by molar-refractivity contribution is -0.133. The average Bonchev–Trinajstić information content (AvgIpc) is 3.27. The summed E-state index contributed by atoms with van der Waals surface area (Å²) in [5.74, 6) is -0.351. The molecule has 1 saturated heterocycles. The summed E-state index contributed by atoms with van der Waals surface area (Å²) >= 11 is 0. The van der Waals surface area contributed by atoms with Crippen LogP contribution in [0.4, 0.5) is 0 Å². The van der Waals surface area contributed by atoms with Gasteiger partial charge >= 0.3 is 0 Å². The predicted molar refractivity (Wildman–Crippen MR) is 117 cm³/mol. The summed E-state index contributed by atoms with van der Waals surface area (Å²) in [6, 6.07) is 20.5. The van der Waals surface area contributed by atoms with Gasteiger partial charge in [0.2, 0.25) is 5.91 Å². The zero-order valence-corrected chi connectivity index (χ0v) is 17.1. The second-order valence-corrected chi connectivity index (χ2v) is 7.83. The minimum atomic E-state index is -0.482. The summed E-state index contributed by atoms with van der Waals surface area (Å²) in [6.45, 7) is 1.12. The van der Waals surface area contributed by atoms with Gasteiger partial charge in [0.05, 0.1) is 5.56 Å². The van der Waals surface area contributed by atoms with Crippen LogP contribution in [0.25, 0.3) is 10.8 Å². The van der Waals surface area contributed by atoms with Crippen molar-refractivity contribution in [2.75, 3.05) is 20.1 Å². The Morgan fingerprint density at radius 2 is 1.77 bits per heavy atom. The standard InChI is InChI=1S/C25H26N2O3/c1-26(17-15-18-8-3-2-4-9-18)25(30)22-12-7-16-27(22)24(29)21-14-13-19-10-5-6-11-20(19)23(21)28/h2-6,8-11,13-14,22,28H,7,12,15-17H2,1H3. The lowest BCUT2D eigenvalue weighted by atomic mass is 10.0. The van der Waals surface area contributed by atoms with Crippen molar-refractivity contribution in [3.63, 3.8) is 0 Å². The number of nitrogens with zero attached hydrogens (tertiary/aromatic N) is 2. The van der Waals surface area contributed by atoms with Gasteiger partial charge in [0.1, 0.15) is 11.8 Å². The summed E-state index contributed by atoms with van der Waals surface area (Å²) < 4.78 is 0. The molecule has 1 heterocycles. The van der Waals surface area contributed by atoms with Crippen LogP contribution in [0.3, 0.4) is 0 Å². The summed E-state index contributed by atoms with van der Waals surface area (Å²) in [5, 5.41) is 12.2. The summed E-state index contributed by atoms with van der Waals surface area (Å²) in [6.07, 6.45) is 2.20. The first-order valence-electron chi connectivity index (χ1n) is 10.4. The minimum Gasteiger partial charge on any atom is -0.506 e. The largest absolute Gasteiger partial charge is 0.506 e. The average molecular weight is 402 g/mol. The van der Waals surface area contributed by atoms with Crippen molar-refractivity contribution in [3.05, 3.63) is 77.9 Å². The first-order valence-corrected chi connectivity index (χ1v) is 10.4. The highest BCUT2D eigenvalue weighted by Crippen LogP contribution is 2.31. The molecule has 3 aromatic carbocycles. The van der Waals surface area contributed by atoms with Gasteiger partial charge in [0.25, 0.3) is 5.91 Å². The third kappa shape index (κ3) is 3.88. The van der Waals surface area contributed by atoms with Crippen LogP contribution in [-0.2, 0) is 11.2 Å². The molecule has 0 aliphatic carbocycles. The Hall–Kier alpha value is -3.34. The van der Waals surface area contributed by atoms with Crippen LogP contribution >= 0.6 is 0 Å². The fraction of sp³-hybridized carbons (Fsp3) is 0.280. The van der Waals surface area contributed by atoms with E-state index in [0.29, 0.717) is 24.9 Å². The van der Waals surface area contributed by atoms with E-state index in [1.807, 2.05) is 54.6 Å². The molecule has 1 aliphatic heterocycles. The summed E-state index contributed by atoms with van der Waals surface area (Å²) in [5.41, 5.74) is 1.43. The number of rotatable bonds is 5. The lowest BCUT2D eigenvalue weighted by Gasteiger charge is -2.28. The maximum Gasteiger partial charge on any atom is 0.258 e.